The summed E-state index contributed by atoms with van der Waals surface area (Å²) in [7, 11) is 0. The van der Waals surface area contributed by atoms with Crippen LogP contribution in [0.5, 0.6) is 5.75 Å². The zero-order valence-electron chi connectivity index (χ0n) is 7.47. The largest absolute Gasteiger partial charge is 0.493 e. The lowest BCUT2D eigenvalue weighted by Gasteiger charge is -2.09. The van der Waals surface area contributed by atoms with E-state index in [1.807, 2.05) is 12.1 Å². The molecule has 3 heteroatoms. The number of rotatable bonds is 4. The number of alkyl halides is 1. The first-order valence-electron chi connectivity index (χ1n) is 4.16. The van der Waals surface area contributed by atoms with Gasteiger partial charge in [0.05, 0.1) is 6.61 Å². The van der Waals surface area contributed by atoms with Crippen molar-refractivity contribution in [1.29, 1.82) is 0 Å². The van der Waals surface area contributed by atoms with Gasteiger partial charge in [0.1, 0.15) is 5.75 Å². The molecule has 0 heterocycles. The molecule has 0 fully saturated rings. The third-order valence-electron chi connectivity index (χ3n) is 1.61. The fraction of sp³-hybridized carbons (Fsp3) is 0.400. The maximum absolute atomic E-state index is 5.58. The van der Waals surface area contributed by atoms with Crippen LogP contribution in [-0.2, 0) is 0 Å². The normalized spacial score (nSPS) is 12.5. The van der Waals surface area contributed by atoms with E-state index in [9.17, 15) is 0 Å². The van der Waals surface area contributed by atoms with Gasteiger partial charge in [-0.15, -0.1) is 0 Å². The van der Waals surface area contributed by atoms with Gasteiger partial charge < -0.3 is 4.74 Å². The van der Waals surface area contributed by atoms with Gasteiger partial charge in [-0.3, -0.25) is 0 Å². The van der Waals surface area contributed by atoms with Gasteiger partial charge in [0.15, 0.2) is 0 Å². The molecule has 0 radical (unpaired) electrons. The van der Waals surface area contributed by atoms with Crippen LogP contribution in [0.15, 0.2) is 24.3 Å². The molecule has 0 bridgehead atoms. The molecule has 1 rings (SSSR count). The molecule has 0 spiro atoms. The van der Waals surface area contributed by atoms with Crippen LogP contribution in [0.4, 0.5) is 0 Å². The van der Waals surface area contributed by atoms with E-state index in [2.05, 4.69) is 57.6 Å². The molecule has 13 heavy (non-hydrogen) atoms. The molecule has 72 valence electrons. The number of benzene rings is 1. The summed E-state index contributed by atoms with van der Waals surface area (Å²) in [4.78, 5) is 0. The second-order valence-corrected chi connectivity index (χ2v) is 4.92. The Morgan fingerprint density at radius 2 is 2.00 bits per heavy atom. The highest BCUT2D eigenvalue weighted by Crippen LogP contribution is 2.14. The van der Waals surface area contributed by atoms with Crippen LogP contribution in [0.25, 0.3) is 0 Å². The summed E-state index contributed by atoms with van der Waals surface area (Å²) in [6.45, 7) is 2.92. The topological polar surface area (TPSA) is 9.23 Å². The maximum Gasteiger partial charge on any atom is 0.119 e. The molecule has 0 aliphatic heterocycles. The Labute approximate surface area is 101 Å². The van der Waals surface area contributed by atoms with Crippen molar-refractivity contribution in [3.05, 3.63) is 27.8 Å². The predicted molar refractivity (Wildman–Crippen MR) is 67.6 cm³/mol. The molecule has 0 N–H and O–H groups in total. The zero-order chi connectivity index (χ0) is 9.68. The summed E-state index contributed by atoms with van der Waals surface area (Å²) in [6, 6.07) is 8.11. The number of ether oxygens (including phenoxy) is 1. The van der Waals surface area contributed by atoms with E-state index in [0.717, 1.165) is 17.7 Å². The van der Waals surface area contributed by atoms with Crippen LogP contribution in [0.3, 0.4) is 0 Å². The Hall–Kier alpha value is 0.230. The van der Waals surface area contributed by atoms with Gasteiger partial charge >= 0.3 is 0 Å². The Morgan fingerprint density at radius 3 is 2.54 bits per heavy atom. The molecular formula is C10H12BrIO. The number of halogens is 2. The van der Waals surface area contributed by atoms with Crippen LogP contribution in [-0.4, -0.2) is 11.9 Å². The van der Waals surface area contributed by atoms with Crippen LogP contribution in [0, 0.1) is 9.49 Å². The second-order valence-electron chi connectivity index (χ2n) is 3.02. The van der Waals surface area contributed by atoms with E-state index >= 15 is 0 Å². The standard InChI is InChI=1S/C10H12BrIO/c1-8(6-11)7-13-10-4-2-9(12)3-5-10/h2-5,8H,6-7H2,1H3. The highest BCUT2D eigenvalue weighted by Gasteiger charge is 2.00. The van der Waals surface area contributed by atoms with Crippen molar-refractivity contribution in [2.45, 2.75) is 6.92 Å². The first-order chi connectivity index (χ1) is 6.22. The highest BCUT2D eigenvalue weighted by atomic mass is 127. The maximum atomic E-state index is 5.58. The van der Waals surface area contributed by atoms with Gasteiger partial charge in [-0.25, -0.2) is 0 Å². The minimum atomic E-state index is 0.555. The molecule has 1 aromatic carbocycles. The quantitative estimate of drug-likeness (QED) is 0.591. The van der Waals surface area contributed by atoms with Crippen molar-refractivity contribution < 1.29 is 4.74 Å². The highest BCUT2D eigenvalue weighted by molar-refractivity contribution is 14.1. The molecule has 0 aromatic heterocycles. The lowest BCUT2D eigenvalue weighted by molar-refractivity contribution is 0.274. The van der Waals surface area contributed by atoms with Gasteiger partial charge in [0.2, 0.25) is 0 Å². The van der Waals surface area contributed by atoms with Crippen molar-refractivity contribution >= 4 is 38.5 Å². The molecule has 0 saturated heterocycles. The molecule has 0 saturated carbocycles. The van der Waals surface area contributed by atoms with Crippen molar-refractivity contribution in [3.8, 4) is 5.75 Å². The van der Waals surface area contributed by atoms with Gasteiger partial charge in [0.25, 0.3) is 0 Å². The van der Waals surface area contributed by atoms with Crippen LogP contribution < -0.4 is 4.74 Å². The summed E-state index contributed by atoms with van der Waals surface area (Å²) >= 11 is 5.70. The van der Waals surface area contributed by atoms with E-state index in [1.54, 1.807) is 0 Å². The van der Waals surface area contributed by atoms with E-state index < -0.39 is 0 Å². The van der Waals surface area contributed by atoms with Gasteiger partial charge in [0, 0.05) is 8.90 Å². The predicted octanol–water partition coefficient (Wildman–Crippen LogP) is 3.70. The minimum absolute atomic E-state index is 0.555. The Kier molecular flexibility index (Phi) is 5.09. The van der Waals surface area contributed by atoms with Crippen LogP contribution in [0.2, 0.25) is 0 Å². The Bertz CT molecular complexity index is 248. The number of hydrogen-bond donors (Lipinski definition) is 0. The fourth-order valence-corrected chi connectivity index (χ4v) is 1.36. The first-order valence-corrected chi connectivity index (χ1v) is 6.36. The van der Waals surface area contributed by atoms with Crippen molar-refractivity contribution in [2.24, 2.45) is 5.92 Å². The first kappa shape index (κ1) is 11.3. The van der Waals surface area contributed by atoms with Crippen molar-refractivity contribution in [1.82, 2.24) is 0 Å². The minimum Gasteiger partial charge on any atom is -0.493 e. The summed E-state index contributed by atoms with van der Waals surface area (Å²) in [6.07, 6.45) is 0. The second kappa shape index (κ2) is 5.86. The lowest BCUT2D eigenvalue weighted by atomic mass is 10.2. The molecule has 0 aliphatic carbocycles. The lowest BCUT2D eigenvalue weighted by Crippen LogP contribution is -2.09. The van der Waals surface area contributed by atoms with E-state index in [1.165, 1.54) is 3.57 Å². The Balaban J connectivity index is 2.41. The smallest absolute Gasteiger partial charge is 0.119 e. The average molecular weight is 355 g/mol. The summed E-state index contributed by atoms with van der Waals surface area (Å²) in [5.74, 6) is 1.51. The molecular weight excluding hydrogens is 343 g/mol. The fourth-order valence-electron chi connectivity index (χ4n) is 0.814. The molecule has 0 amide bonds. The summed E-state index contributed by atoms with van der Waals surface area (Å²) < 4.78 is 6.82. The van der Waals surface area contributed by atoms with Gasteiger partial charge in [-0.05, 0) is 52.8 Å². The third-order valence-corrected chi connectivity index (χ3v) is 3.44. The Morgan fingerprint density at radius 1 is 1.38 bits per heavy atom. The van der Waals surface area contributed by atoms with Gasteiger partial charge in [-0.1, -0.05) is 22.9 Å². The van der Waals surface area contributed by atoms with E-state index in [-0.39, 0.29) is 0 Å². The SMILES string of the molecule is CC(CBr)COc1ccc(I)cc1. The van der Waals surface area contributed by atoms with Crippen LogP contribution >= 0.6 is 38.5 Å². The molecule has 1 nitrogen and oxygen atoms in total. The molecule has 1 unspecified atom stereocenters. The molecule has 1 aromatic rings. The molecule has 0 aliphatic rings. The van der Waals surface area contributed by atoms with E-state index in [4.69, 9.17) is 4.74 Å². The van der Waals surface area contributed by atoms with Crippen molar-refractivity contribution in [3.63, 3.8) is 0 Å². The van der Waals surface area contributed by atoms with Crippen molar-refractivity contribution in [2.75, 3.05) is 11.9 Å². The van der Waals surface area contributed by atoms with E-state index in [0.29, 0.717) is 5.92 Å². The summed E-state index contributed by atoms with van der Waals surface area (Å²) in [5.41, 5.74) is 0. The van der Waals surface area contributed by atoms with Gasteiger partial charge in [-0.2, -0.15) is 0 Å². The zero-order valence-corrected chi connectivity index (χ0v) is 11.2. The average Bonchev–Trinajstić information content (AvgIpc) is 2.16. The van der Waals surface area contributed by atoms with Crippen LogP contribution in [0.1, 0.15) is 6.92 Å². The molecule has 1 atom stereocenters. The third kappa shape index (κ3) is 4.31. The number of hydrogen-bond acceptors (Lipinski definition) is 1. The summed E-state index contributed by atoms with van der Waals surface area (Å²) in [5, 5.41) is 0.984. The monoisotopic (exact) mass is 354 g/mol.